The van der Waals surface area contributed by atoms with Gasteiger partial charge in [-0.05, 0) is 32.0 Å². The minimum Gasteiger partial charge on any atom is -0.480 e. The van der Waals surface area contributed by atoms with Gasteiger partial charge in [-0.1, -0.05) is 24.3 Å². The molecule has 0 saturated heterocycles. The molecule has 0 spiro atoms. The fourth-order valence-corrected chi connectivity index (χ4v) is 4.82. The van der Waals surface area contributed by atoms with E-state index in [2.05, 4.69) is 26.7 Å². The van der Waals surface area contributed by atoms with Crippen molar-refractivity contribution in [3.63, 3.8) is 0 Å². The van der Waals surface area contributed by atoms with Gasteiger partial charge in [0.25, 0.3) is 5.91 Å². The van der Waals surface area contributed by atoms with Gasteiger partial charge in [0.15, 0.2) is 11.5 Å². The highest BCUT2D eigenvalue weighted by atomic mass is 19.4. The summed E-state index contributed by atoms with van der Waals surface area (Å²) in [5, 5.41) is 0. The second-order valence-corrected chi connectivity index (χ2v) is 10.1. The summed E-state index contributed by atoms with van der Waals surface area (Å²) < 4.78 is 46.3. The number of alkyl halides is 3. The van der Waals surface area contributed by atoms with Gasteiger partial charge in [-0.25, -0.2) is 24.9 Å². The van der Waals surface area contributed by atoms with Crippen LogP contribution in [0.15, 0.2) is 58.2 Å². The van der Waals surface area contributed by atoms with Crippen LogP contribution in [-0.4, -0.2) is 68.6 Å². The van der Waals surface area contributed by atoms with Crippen molar-refractivity contribution in [2.45, 2.75) is 38.4 Å². The highest BCUT2D eigenvalue weighted by Gasteiger charge is 2.35. The predicted octanol–water partition coefficient (Wildman–Crippen LogP) is 4.39. The van der Waals surface area contributed by atoms with Crippen molar-refractivity contribution in [1.29, 1.82) is 0 Å². The van der Waals surface area contributed by atoms with E-state index in [0.29, 0.717) is 34.9 Å². The molecule has 5 rings (SSSR count). The summed E-state index contributed by atoms with van der Waals surface area (Å²) in [4.78, 5) is 37.9. The largest absolute Gasteiger partial charge is 0.480 e. The zero-order valence-electron chi connectivity index (χ0n) is 23.1. The molecule has 13 heteroatoms. The van der Waals surface area contributed by atoms with Gasteiger partial charge in [0.1, 0.15) is 23.5 Å². The van der Waals surface area contributed by atoms with Crippen molar-refractivity contribution >= 4 is 18.5 Å². The number of hydrogen-bond donors (Lipinski definition) is 0. The normalized spacial score (nSPS) is 16.5. The monoisotopic (exact) mass is 566 g/mol. The molecule has 1 fully saturated rings. The maximum Gasteiger partial charge on any atom is 0.434 e. The van der Waals surface area contributed by atoms with Gasteiger partial charge < -0.3 is 19.1 Å². The Kier molecular flexibility index (Phi) is 7.37. The maximum atomic E-state index is 13.1. The average Bonchev–Trinajstić information content (AvgIpc) is 3.72. The SMILES string of the molecule is C=NC(=NC1=C(C)C(=O)N(C)CN1Cc1ccc(-c2nc(C(F)(F)F)cn2C)cc1)c1c(OC)ncnc1C1CC1. The maximum absolute atomic E-state index is 13.1. The van der Waals surface area contributed by atoms with Crippen molar-refractivity contribution in [1.82, 2.24) is 29.3 Å². The highest BCUT2D eigenvalue weighted by molar-refractivity contribution is 6.05. The van der Waals surface area contributed by atoms with E-state index in [4.69, 9.17) is 9.73 Å². The second kappa shape index (κ2) is 10.8. The van der Waals surface area contributed by atoms with E-state index in [1.165, 1.54) is 25.1 Å². The number of imidazole rings is 1. The first-order chi connectivity index (χ1) is 19.5. The van der Waals surface area contributed by atoms with Crippen LogP contribution in [0.5, 0.6) is 5.88 Å². The van der Waals surface area contributed by atoms with Crippen LogP contribution >= 0.6 is 0 Å². The lowest BCUT2D eigenvalue weighted by Crippen LogP contribution is -2.44. The lowest BCUT2D eigenvalue weighted by atomic mass is 10.1. The average molecular weight is 567 g/mol. The molecule has 0 bridgehead atoms. The second-order valence-electron chi connectivity index (χ2n) is 10.1. The van der Waals surface area contributed by atoms with E-state index in [9.17, 15) is 18.0 Å². The van der Waals surface area contributed by atoms with Crippen LogP contribution in [0.1, 0.15) is 48.2 Å². The predicted molar refractivity (Wildman–Crippen MR) is 146 cm³/mol. The Hall–Kier alpha value is -4.55. The van der Waals surface area contributed by atoms with E-state index in [1.807, 2.05) is 17.0 Å². The Balaban J connectivity index is 1.48. The summed E-state index contributed by atoms with van der Waals surface area (Å²) in [6, 6.07) is 7.08. The molecule has 3 heterocycles. The Morgan fingerprint density at radius 2 is 1.88 bits per heavy atom. The summed E-state index contributed by atoms with van der Waals surface area (Å²) in [6.07, 6.45) is -0.135. The molecule has 0 unspecified atom stereocenters. The molecule has 2 aromatic heterocycles. The van der Waals surface area contributed by atoms with Crippen molar-refractivity contribution in [3.8, 4) is 17.3 Å². The summed E-state index contributed by atoms with van der Waals surface area (Å²) in [5.74, 6) is 1.30. The summed E-state index contributed by atoms with van der Waals surface area (Å²) in [5.41, 5.74) is 2.22. The van der Waals surface area contributed by atoms with Gasteiger partial charge >= 0.3 is 6.18 Å². The molecule has 3 aromatic rings. The molecule has 0 atom stereocenters. The standard InChI is InChI=1S/C28H29F3N8O2/c1-16-24(36-23(32-2)21-22(18-10-11-18)33-14-34-26(21)41-5)39(15-38(4)27(16)40)12-17-6-8-19(9-7-17)25-35-20(13-37(25)3)28(29,30)31/h6-9,13-14,18H,2,10-12,15H2,1,3-5H3. The number of benzene rings is 1. The molecule has 1 saturated carbocycles. The topological polar surface area (TPSA) is 101 Å². The van der Waals surface area contributed by atoms with E-state index in [1.54, 1.807) is 31.0 Å². The van der Waals surface area contributed by atoms with Crippen molar-refractivity contribution < 1.29 is 22.7 Å². The number of rotatable bonds is 7. The highest BCUT2D eigenvalue weighted by Crippen LogP contribution is 2.42. The van der Waals surface area contributed by atoms with Crippen LogP contribution < -0.4 is 4.74 Å². The molecule has 0 radical (unpaired) electrons. The molecule has 1 aliphatic heterocycles. The van der Waals surface area contributed by atoms with Crippen LogP contribution in [0.4, 0.5) is 13.2 Å². The van der Waals surface area contributed by atoms with Gasteiger partial charge in [0.05, 0.1) is 25.0 Å². The number of carbonyl (C=O) groups is 1. The number of aryl methyl sites for hydroxylation is 1. The number of carbonyl (C=O) groups excluding carboxylic acids is 1. The smallest absolute Gasteiger partial charge is 0.434 e. The Labute approximate surface area is 234 Å². The number of amidine groups is 1. The van der Waals surface area contributed by atoms with Crippen molar-refractivity contribution in [2.24, 2.45) is 17.0 Å². The van der Waals surface area contributed by atoms with Gasteiger partial charge in [0.2, 0.25) is 5.88 Å². The molecule has 1 amide bonds. The third-order valence-corrected chi connectivity index (χ3v) is 7.02. The van der Waals surface area contributed by atoms with Gasteiger partial charge in [-0.2, -0.15) is 13.2 Å². The zero-order valence-corrected chi connectivity index (χ0v) is 23.1. The number of nitrogens with zero attached hydrogens (tertiary/aromatic N) is 8. The van der Waals surface area contributed by atoms with Crippen LogP contribution in [0.25, 0.3) is 11.4 Å². The number of aromatic nitrogens is 4. The Morgan fingerprint density at radius 1 is 1.17 bits per heavy atom. The molecular weight excluding hydrogens is 537 g/mol. The van der Waals surface area contributed by atoms with E-state index in [0.717, 1.165) is 30.3 Å². The lowest BCUT2D eigenvalue weighted by molar-refractivity contribution is -0.141. The molecule has 0 N–H and O–H groups in total. The molecular formula is C28H29F3N8O2. The number of hydrogen-bond acceptors (Lipinski definition) is 7. The third kappa shape index (κ3) is 5.56. The first-order valence-corrected chi connectivity index (χ1v) is 12.9. The van der Waals surface area contributed by atoms with E-state index in [-0.39, 0.29) is 30.2 Å². The molecule has 1 aliphatic carbocycles. The van der Waals surface area contributed by atoms with Crippen LogP contribution in [0.3, 0.4) is 0 Å². The number of methoxy groups -OCH3 is 1. The summed E-state index contributed by atoms with van der Waals surface area (Å²) in [7, 11) is 4.74. The minimum atomic E-state index is -4.52. The number of halogens is 3. The van der Waals surface area contributed by atoms with Gasteiger partial charge in [-0.3, -0.25) is 4.79 Å². The van der Waals surface area contributed by atoms with Crippen LogP contribution in [0, 0.1) is 0 Å². The fourth-order valence-electron chi connectivity index (χ4n) is 4.82. The van der Waals surface area contributed by atoms with Gasteiger partial charge in [0, 0.05) is 38.3 Å². The van der Waals surface area contributed by atoms with Crippen molar-refractivity contribution in [2.75, 3.05) is 20.8 Å². The molecule has 214 valence electrons. The van der Waals surface area contributed by atoms with Crippen molar-refractivity contribution in [3.05, 3.63) is 70.7 Å². The van der Waals surface area contributed by atoms with E-state index >= 15 is 0 Å². The zero-order chi connectivity index (χ0) is 29.5. The number of aliphatic imine (C=N–C) groups is 2. The first-order valence-electron chi connectivity index (χ1n) is 12.9. The van der Waals surface area contributed by atoms with Crippen LogP contribution in [-0.2, 0) is 24.6 Å². The fraction of sp³-hybridized carbons (Fsp3) is 0.357. The number of ether oxygens (including phenoxy) is 1. The van der Waals surface area contributed by atoms with Crippen LogP contribution in [0.2, 0.25) is 0 Å². The molecule has 41 heavy (non-hydrogen) atoms. The minimum absolute atomic E-state index is 0.173. The Morgan fingerprint density at radius 3 is 2.46 bits per heavy atom. The third-order valence-electron chi connectivity index (χ3n) is 7.02. The van der Waals surface area contributed by atoms with Gasteiger partial charge in [-0.15, -0.1) is 0 Å². The molecule has 10 nitrogen and oxygen atoms in total. The lowest BCUT2D eigenvalue weighted by Gasteiger charge is -2.35. The summed E-state index contributed by atoms with van der Waals surface area (Å²) in [6.45, 7) is 6.05. The summed E-state index contributed by atoms with van der Waals surface area (Å²) >= 11 is 0. The first kappa shape index (κ1) is 28.0. The molecule has 1 aromatic carbocycles. The Bertz CT molecular complexity index is 1560. The van der Waals surface area contributed by atoms with E-state index < -0.39 is 11.9 Å². The molecule has 2 aliphatic rings. The number of amides is 1. The number of likely N-dealkylation sites (N-methyl/N-ethyl adjacent to an activating group) is 1. The quantitative estimate of drug-likeness (QED) is 0.311.